The molecule has 0 N–H and O–H groups in total. The van der Waals surface area contributed by atoms with Crippen LogP contribution in [0.4, 0.5) is 45.1 Å². The predicted octanol–water partition coefficient (Wildman–Crippen LogP) is 5.90. The minimum atomic E-state index is -11.0. The molecule has 0 bridgehead atoms. The third-order valence-corrected chi connectivity index (χ3v) is 0. The number of rotatable bonds is 0. The van der Waals surface area contributed by atoms with Gasteiger partial charge < -0.3 is 0 Å². The molecule has 0 saturated carbocycles. The summed E-state index contributed by atoms with van der Waals surface area (Å²) in [5, 5.41) is 0. The van der Waals surface area contributed by atoms with E-state index in [0.717, 1.165) is 0 Å². The molecule has 0 amide bonds. The average molecular weight is 360 g/mol. The van der Waals surface area contributed by atoms with Gasteiger partial charge >= 0.3 is 68.3 Å². The summed E-state index contributed by atoms with van der Waals surface area (Å²) in [7, 11) is -10.7. The Morgan fingerprint density at radius 1 is 0.500 bits per heavy atom. The fourth-order valence-corrected chi connectivity index (χ4v) is 0. The van der Waals surface area contributed by atoms with Gasteiger partial charge in [-0.25, -0.2) is 0 Å². The van der Waals surface area contributed by atoms with Gasteiger partial charge in [-0.3, -0.25) is 0 Å². The average Bonchev–Trinajstić information content (AvgIpc) is 0.938. The molecule has 0 unspecified atom stereocenters. The molecule has 14 heteroatoms. The van der Waals surface area contributed by atoms with E-state index in [1.54, 1.807) is 0 Å². The van der Waals surface area contributed by atoms with E-state index in [4.69, 9.17) is 0 Å². The van der Waals surface area contributed by atoms with Gasteiger partial charge in [-0.05, 0) is 0 Å². The Morgan fingerprint density at radius 2 is 0.500 bits per heavy atom. The van der Waals surface area contributed by atoms with Crippen LogP contribution in [0, 0.1) is 0 Å². The molecule has 0 heterocycles. The predicted molar refractivity (Wildman–Crippen MR) is 20.2 cm³/mol. The van der Waals surface area contributed by atoms with Gasteiger partial charge in [-0.2, -0.15) is 0 Å². The Balaban J connectivity index is 0. The topological polar surface area (TPSA) is 0 Å². The Labute approximate surface area is 69.2 Å². The van der Waals surface area contributed by atoms with Crippen molar-refractivity contribution in [1.29, 1.82) is 0 Å². The molecule has 0 aromatic rings. The maximum absolute atomic E-state index is 11.0. The van der Waals surface area contributed by atoms with Crippen molar-refractivity contribution < 1.29 is 60.5 Å². The molecule has 0 aliphatic rings. The summed E-state index contributed by atoms with van der Waals surface area (Å²) < 4.78 is 119. The van der Waals surface area contributed by atoms with Gasteiger partial charge in [-0.1, -0.05) is 0 Å². The van der Waals surface area contributed by atoms with Crippen LogP contribution in [0.25, 0.3) is 0 Å². The van der Waals surface area contributed by atoms with Crippen LogP contribution in [0.3, 0.4) is 0 Å². The summed E-state index contributed by atoms with van der Waals surface area (Å²) in [5.41, 5.74) is 0. The number of hydrogen-bond acceptors (Lipinski definition) is 0. The molecule has 0 fully saturated rings. The standard InChI is InChI=1S/F6P.6FH.Ru/c1-7(2,3,4,5)6;;;;;;;/h;6*1H;/q-1;;;;;;;+3/p-6. The number of halogens is 12. The van der Waals surface area contributed by atoms with E-state index in [0.29, 0.717) is 0 Å². The van der Waals surface area contributed by atoms with Gasteiger partial charge in [-0.15, -0.1) is 0 Å². The van der Waals surface area contributed by atoms with E-state index in [9.17, 15) is 45.1 Å². The number of hydrogen-bond donors (Lipinski definition) is 0. The zero-order chi connectivity index (χ0) is 12.8. The van der Waals surface area contributed by atoms with Gasteiger partial charge in [0.1, 0.15) is 0 Å². The minimum absolute atomic E-state index is 9.87. The first-order valence-electron chi connectivity index (χ1n) is 1.82. The first-order valence-corrected chi connectivity index (χ1v) is 7.79. The van der Waals surface area contributed by atoms with Gasteiger partial charge in [0.15, 0.2) is 0 Å². The first-order chi connectivity index (χ1) is 4.90. The van der Waals surface area contributed by atoms with Gasteiger partial charge in [0.2, 0.25) is 0 Å². The van der Waals surface area contributed by atoms with Crippen LogP contribution in [-0.2, 0) is 15.4 Å². The molecule has 0 atom stereocenters. The van der Waals surface area contributed by atoms with Crippen molar-refractivity contribution in [1.82, 2.24) is 0 Å². The van der Waals surface area contributed by atoms with Gasteiger partial charge in [0, 0.05) is 0 Å². The molecule has 0 aliphatic heterocycles. The zero-order valence-electron chi connectivity index (χ0n) is 5.34. The van der Waals surface area contributed by atoms with Crippen LogP contribution in [0.5, 0.6) is 0 Å². The normalized spacial score (nSPS) is 23.1. The molecule has 0 spiro atoms. The second-order valence-corrected chi connectivity index (χ2v) is 7.36. The van der Waals surface area contributed by atoms with E-state index in [1.165, 1.54) is 0 Å². The summed E-state index contributed by atoms with van der Waals surface area (Å²) in [6.07, 6.45) is 0. The summed E-state index contributed by atoms with van der Waals surface area (Å²) >= 11 is -11.0. The summed E-state index contributed by atoms with van der Waals surface area (Å²) in [6.45, 7) is 0. The third-order valence-electron chi connectivity index (χ3n) is 0. The van der Waals surface area contributed by atoms with Gasteiger partial charge in [0.05, 0.1) is 0 Å². The van der Waals surface area contributed by atoms with Crippen molar-refractivity contribution in [3.8, 4) is 0 Å². The summed E-state index contributed by atoms with van der Waals surface area (Å²) in [5.74, 6) is 0. The summed E-state index contributed by atoms with van der Waals surface area (Å²) in [4.78, 5) is 0. The fraction of sp³-hybridized carbons (Fsp3) is 0. The van der Waals surface area contributed by atoms with Crippen LogP contribution in [0.15, 0.2) is 0 Å². The molecule has 0 aliphatic carbocycles. The van der Waals surface area contributed by atoms with Crippen molar-refractivity contribution in [3.05, 3.63) is 0 Å². The Bertz CT molecular complexity index is 157. The monoisotopic (exact) mass is 361 g/mol. The SMILES string of the molecule is F[P-](F)(F)(F)(F)F.[F][Ru-3]([F])([F])([F])([F])[F]. The second-order valence-electron chi connectivity index (χ2n) is 1.72. The van der Waals surface area contributed by atoms with E-state index in [1.807, 2.05) is 0 Å². The van der Waals surface area contributed by atoms with Crippen LogP contribution in [0.1, 0.15) is 0 Å². The van der Waals surface area contributed by atoms with Crippen LogP contribution >= 0.6 is 7.81 Å². The Morgan fingerprint density at radius 3 is 0.500 bits per heavy atom. The van der Waals surface area contributed by atoms with Crippen molar-refractivity contribution in [2.75, 3.05) is 0 Å². The van der Waals surface area contributed by atoms with Crippen molar-refractivity contribution in [2.45, 2.75) is 0 Å². The molecule has 0 nitrogen and oxygen atoms in total. The Kier molecular flexibility index (Phi) is 2.57. The quantitative estimate of drug-likeness (QED) is 0.287. The first kappa shape index (κ1) is 16.6. The molecule has 0 rings (SSSR count). The molecule has 0 saturated heterocycles. The van der Waals surface area contributed by atoms with Gasteiger partial charge in [0.25, 0.3) is 0 Å². The van der Waals surface area contributed by atoms with Crippen molar-refractivity contribution in [3.63, 3.8) is 0 Å². The van der Waals surface area contributed by atoms with E-state index >= 15 is 0 Å². The van der Waals surface area contributed by atoms with E-state index < -0.39 is 23.2 Å². The van der Waals surface area contributed by atoms with Crippen molar-refractivity contribution >= 4 is 7.81 Å². The fourth-order valence-electron chi connectivity index (χ4n) is 0. The molecule has 0 aromatic heterocycles. The van der Waals surface area contributed by atoms with E-state index in [-0.39, 0.29) is 0 Å². The van der Waals surface area contributed by atoms with E-state index in [2.05, 4.69) is 0 Å². The Hall–Kier alpha value is 0.213. The third kappa shape index (κ3) is 33700. The van der Waals surface area contributed by atoms with Crippen LogP contribution in [0.2, 0.25) is 0 Å². The maximum atomic E-state index is 9.90. The molecular formula is F12PRu-4. The molecule has 14 heavy (non-hydrogen) atoms. The molecule has 0 radical (unpaired) electrons. The van der Waals surface area contributed by atoms with Crippen LogP contribution in [-0.4, -0.2) is 0 Å². The molecule has 101 valence electrons. The molecular weight excluding hydrogens is 360 g/mol. The van der Waals surface area contributed by atoms with Crippen LogP contribution < -0.4 is 0 Å². The molecule has 0 aromatic carbocycles. The zero-order valence-corrected chi connectivity index (χ0v) is 7.97. The summed E-state index contributed by atoms with van der Waals surface area (Å²) in [6, 6.07) is 0. The second kappa shape index (κ2) is 2.16. The van der Waals surface area contributed by atoms with Crippen molar-refractivity contribution in [2.24, 2.45) is 0 Å².